The summed E-state index contributed by atoms with van der Waals surface area (Å²) in [6.07, 6.45) is 9.38. The third-order valence-electron chi connectivity index (χ3n) is 5.15. The molecule has 2 N–H and O–H groups in total. The van der Waals surface area contributed by atoms with Crippen LogP contribution in [0.2, 0.25) is 0 Å². The fraction of sp³-hybridized carbons (Fsp3) is 0.579. The van der Waals surface area contributed by atoms with E-state index in [1.807, 2.05) is 18.2 Å². The first-order valence-corrected chi connectivity index (χ1v) is 8.53. The Bertz CT molecular complexity index is 580. The van der Waals surface area contributed by atoms with Crippen molar-refractivity contribution in [3.05, 3.63) is 30.2 Å². The van der Waals surface area contributed by atoms with Crippen molar-refractivity contribution < 1.29 is 9.47 Å². The molecule has 23 heavy (non-hydrogen) atoms. The van der Waals surface area contributed by atoms with Crippen molar-refractivity contribution in [2.45, 2.75) is 62.5 Å². The molecule has 1 aromatic carbocycles. The number of nitrogens with two attached hydrogens (primary N) is 1. The average Bonchev–Trinajstić information content (AvgIpc) is 3.09. The Balaban J connectivity index is 1.88. The van der Waals surface area contributed by atoms with Crippen LogP contribution in [0.4, 0.5) is 0 Å². The molecule has 2 aliphatic carbocycles. The van der Waals surface area contributed by atoms with Gasteiger partial charge in [0.25, 0.3) is 0 Å². The van der Waals surface area contributed by atoms with Gasteiger partial charge < -0.3 is 15.2 Å². The van der Waals surface area contributed by atoms with E-state index in [2.05, 4.69) is 12.5 Å². The van der Waals surface area contributed by atoms with Gasteiger partial charge in [0, 0.05) is 6.04 Å². The Morgan fingerprint density at radius 1 is 1.22 bits per heavy atom. The average molecular weight is 313 g/mol. The molecule has 0 amide bonds. The highest BCUT2D eigenvalue weighted by molar-refractivity contribution is 5.49. The van der Waals surface area contributed by atoms with Gasteiger partial charge in [0.2, 0.25) is 0 Å². The maximum atomic E-state index is 9.79. The van der Waals surface area contributed by atoms with Crippen LogP contribution in [-0.4, -0.2) is 19.3 Å². The molecule has 1 radical (unpaired) electrons. The Kier molecular flexibility index (Phi) is 4.77. The van der Waals surface area contributed by atoms with Crippen molar-refractivity contribution in [3.8, 4) is 17.6 Å². The normalized spacial score (nSPS) is 28.3. The minimum Gasteiger partial charge on any atom is -0.493 e. The molecule has 0 spiro atoms. The summed E-state index contributed by atoms with van der Waals surface area (Å²) in [5.74, 6) is 1.50. The van der Waals surface area contributed by atoms with Gasteiger partial charge in [0.15, 0.2) is 11.5 Å². The SMILES string of the molecule is COc1ccc(C2(C#N)[CH]CC(N)CC2)cc1OC1CCCC1. The predicted octanol–water partition coefficient (Wildman–Crippen LogP) is 3.49. The van der Waals surface area contributed by atoms with E-state index in [1.54, 1.807) is 7.11 Å². The molecule has 0 heterocycles. The molecule has 2 saturated carbocycles. The minimum atomic E-state index is -0.560. The van der Waals surface area contributed by atoms with Crippen molar-refractivity contribution in [1.82, 2.24) is 0 Å². The number of hydrogen-bond donors (Lipinski definition) is 1. The molecule has 0 bridgehead atoms. The number of nitriles is 1. The van der Waals surface area contributed by atoms with Crippen molar-refractivity contribution in [2.24, 2.45) is 5.73 Å². The molecule has 0 saturated heterocycles. The maximum Gasteiger partial charge on any atom is 0.161 e. The van der Waals surface area contributed by atoms with Crippen molar-refractivity contribution >= 4 is 0 Å². The van der Waals surface area contributed by atoms with Crippen molar-refractivity contribution in [3.63, 3.8) is 0 Å². The van der Waals surface area contributed by atoms with E-state index in [0.29, 0.717) is 0 Å². The molecule has 2 atom stereocenters. The highest BCUT2D eigenvalue weighted by Gasteiger charge is 2.37. The molecular formula is C19H25N2O2. The van der Waals surface area contributed by atoms with Crippen LogP contribution in [0.25, 0.3) is 0 Å². The number of ether oxygens (including phenoxy) is 2. The van der Waals surface area contributed by atoms with Gasteiger partial charge in [0.05, 0.1) is 24.7 Å². The highest BCUT2D eigenvalue weighted by atomic mass is 16.5. The molecule has 0 aromatic heterocycles. The monoisotopic (exact) mass is 313 g/mol. The van der Waals surface area contributed by atoms with E-state index in [1.165, 1.54) is 12.8 Å². The minimum absolute atomic E-state index is 0.170. The van der Waals surface area contributed by atoms with E-state index in [-0.39, 0.29) is 12.1 Å². The van der Waals surface area contributed by atoms with Gasteiger partial charge in [-0.3, -0.25) is 0 Å². The van der Waals surface area contributed by atoms with Crippen LogP contribution in [-0.2, 0) is 5.41 Å². The molecule has 2 fully saturated rings. The summed E-state index contributed by atoms with van der Waals surface area (Å²) in [6, 6.07) is 8.57. The summed E-state index contributed by atoms with van der Waals surface area (Å²) in [5.41, 5.74) is 6.41. The summed E-state index contributed by atoms with van der Waals surface area (Å²) >= 11 is 0. The third-order valence-corrected chi connectivity index (χ3v) is 5.15. The molecule has 4 nitrogen and oxygen atoms in total. The zero-order valence-corrected chi connectivity index (χ0v) is 13.8. The second kappa shape index (κ2) is 6.80. The van der Waals surface area contributed by atoms with Crippen LogP contribution in [0.1, 0.15) is 50.5 Å². The zero-order valence-electron chi connectivity index (χ0n) is 13.8. The molecule has 2 aliphatic rings. The lowest BCUT2D eigenvalue weighted by molar-refractivity contribution is 0.200. The molecule has 3 rings (SSSR count). The fourth-order valence-corrected chi connectivity index (χ4v) is 3.65. The van der Waals surface area contributed by atoms with Gasteiger partial charge >= 0.3 is 0 Å². The molecule has 123 valence electrons. The first kappa shape index (κ1) is 16.1. The third kappa shape index (κ3) is 3.30. The fourth-order valence-electron chi connectivity index (χ4n) is 3.65. The second-order valence-electron chi connectivity index (χ2n) is 6.71. The van der Waals surface area contributed by atoms with Gasteiger partial charge in [-0.15, -0.1) is 0 Å². The Hall–Kier alpha value is -1.73. The van der Waals surface area contributed by atoms with E-state index in [0.717, 1.165) is 49.2 Å². The summed E-state index contributed by atoms with van der Waals surface area (Å²) in [5, 5.41) is 9.79. The van der Waals surface area contributed by atoms with Crippen LogP contribution >= 0.6 is 0 Å². The summed E-state index contributed by atoms with van der Waals surface area (Å²) < 4.78 is 11.6. The van der Waals surface area contributed by atoms with Gasteiger partial charge in [-0.25, -0.2) is 0 Å². The first-order valence-electron chi connectivity index (χ1n) is 8.53. The van der Waals surface area contributed by atoms with Gasteiger partial charge in [0.1, 0.15) is 0 Å². The second-order valence-corrected chi connectivity index (χ2v) is 6.71. The lowest BCUT2D eigenvalue weighted by Crippen LogP contribution is -2.36. The zero-order chi connectivity index (χ0) is 16.3. The van der Waals surface area contributed by atoms with Gasteiger partial charge in [-0.1, -0.05) is 6.07 Å². The maximum absolute atomic E-state index is 9.79. The smallest absolute Gasteiger partial charge is 0.161 e. The van der Waals surface area contributed by atoms with Crippen LogP contribution in [0.5, 0.6) is 11.5 Å². The standard InChI is InChI=1S/C19H25N2O2/c1-22-17-7-6-14(12-18(17)23-16-4-2-3-5-16)19(13-20)10-8-15(21)9-11-19/h6-7,10,12,15-16H,2-5,8-9,11,21H2,1H3. The Morgan fingerprint density at radius 3 is 2.61 bits per heavy atom. The molecular weight excluding hydrogens is 288 g/mol. The molecule has 1 aromatic rings. The van der Waals surface area contributed by atoms with E-state index in [9.17, 15) is 5.26 Å². The van der Waals surface area contributed by atoms with Crippen molar-refractivity contribution in [2.75, 3.05) is 7.11 Å². The molecule has 0 aliphatic heterocycles. The number of nitrogens with zero attached hydrogens (tertiary/aromatic N) is 1. The topological polar surface area (TPSA) is 68.3 Å². The van der Waals surface area contributed by atoms with Crippen LogP contribution in [0.15, 0.2) is 18.2 Å². The van der Waals surface area contributed by atoms with E-state index >= 15 is 0 Å². The number of benzene rings is 1. The summed E-state index contributed by atoms with van der Waals surface area (Å²) in [4.78, 5) is 0. The van der Waals surface area contributed by atoms with Crippen LogP contribution in [0.3, 0.4) is 0 Å². The Labute approximate surface area is 138 Å². The number of methoxy groups -OCH3 is 1. The molecule has 2 unspecified atom stereocenters. The number of hydrogen-bond acceptors (Lipinski definition) is 4. The van der Waals surface area contributed by atoms with Crippen LogP contribution < -0.4 is 15.2 Å². The summed E-state index contributed by atoms with van der Waals surface area (Å²) in [6.45, 7) is 0. The summed E-state index contributed by atoms with van der Waals surface area (Å²) in [7, 11) is 1.66. The first-order chi connectivity index (χ1) is 11.2. The Morgan fingerprint density at radius 2 is 2.00 bits per heavy atom. The lowest BCUT2D eigenvalue weighted by Gasteiger charge is -2.34. The van der Waals surface area contributed by atoms with Gasteiger partial charge in [-0.05, 0) is 69.1 Å². The number of rotatable bonds is 4. The van der Waals surface area contributed by atoms with E-state index in [4.69, 9.17) is 15.2 Å². The lowest BCUT2D eigenvalue weighted by atomic mass is 9.69. The van der Waals surface area contributed by atoms with E-state index < -0.39 is 5.41 Å². The van der Waals surface area contributed by atoms with Gasteiger partial charge in [-0.2, -0.15) is 5.26 Å². The highest BCUT2D eigenvalue weighted by Crippen LogP contribution is 2.41. The quantitative estimate of drug-likeness (QED) is 0.924. The van der Waals surface area contributed by atoms with Crippen LogP contribution in [0, 0.1) is 17.8 Å². The molecule has 4 heteroatoms. The largest absolute Gasteiger partial charge is 0.493 e. The predicted molar refractivity (Wildman–Crippen MR) is 89.3 cm³/mol. The van der Waals surface area contributed by atoms with Crippen molar-refractivity contribution in [1.29, 1.82) is 5.26 Å².